The Morgan fingerprint density at radius 3 is 2.91 bits per heavy atom. The van der Waals surface area contributed by atoms with Gasteiger partial charge in [-0.25, -0.2) is 9.98 Å². The summed E-state index contributed by atoms with van der Waals surface area (Å²) in [5, 5.41) is 9.32. The average Bonchev–Trinajstić information content (AvgIpc) is 3.23. The first-order valence-corrected chi connectivity index (χ1v) is 8.54. The smallest absolute Gasteiger partial charge is 0.265 e. The molecule has 0 radical (unpaired) electrons. The number of carbonyl (C=O) groups is 2. The minimum atomic E-state index is -0.943. The van der Waals surface area contributed by atoms with Gasteiger partial charge in [-0.1, -0.05) is 0 Å². The van der Waals surface area contributed by atoms with Crippen molar-refractivity contribution in [2.45, 2.75) is 0 Å². The molecule has 0 fully saturated rings. The molecule has 1 aliphatic heterocycles. The summed E-state index contributed by atoms with van der Waals surface area (Å²) in [5.41, 5.74) is 1.87. The second kappa shape index (κ2) is 6.76. The maximum absolute atomic E-state index is 11.8. The van der Waals surface area contributed by atoms with Gasteiger partial charge in [-0.05, 0) is 23.6 Å². The molecule has 0 saturated heterocycles. The predicted molar refractivity (Wildman–Crippen MR) is 93.0 cm³/mol. The topological polar surface area (TPSA) is 83.8 Å². The normalized spacial score (nSPS) is 17.5. The van der Waals surface area contributed by atoms with E-state index in [2.05, 4.69) is 20.3 Å². The number of carbonyl (C=O) groups excluding carboxylic acids is 2. The first kappa shape index (κ1) is 15.4. The van der Waals surface area contributed by atoms with Crippen LogP contribution in [0.15, 0.2) is 38.3 Å². The van der Waals surface area contributed by atoms with Gasteiger partial charge < -0.3 is 5.32 Å². The highest BCUT2D eigenvalue weighted by Gasteiger charge is 2.26. The third-order valence-electron chi connectivity index (χ3n) is 3.07. The van der Waals surface area contributed by atoms with Crippen LogP contribution in [-0.2, 0) is 9.59 Å². The molecule has 3 rings (SSSR count). The zero-order valence-corrected chi connectivity index (χ0v) is 13.7. The van der Waals surface area contributed by atoms with E-state index in [9.17, 15) is 9.59 Å². The van der Waals surface area contributed by atoms with Crippen LogP contribution in [0.25, 0.3) is 16.6 Å². The van der Waals surface area contributed by atoms with Crippen molar-refractivity contribution in [3.63, 3.8) is 0 Å². The van der Waals surface area contributed by atoms with Crippen molar-refractivity contribution >= 4 is 52.6 Å². The summed E-state index contributed by atoms with van der Waals surface area (Å²) in [4.78, 5) is 35.6. The van der Waals surface area contributed by atoms with E-state index in [4.69, 9.17) is 0 Å². The molecule has 0 spiro atoms. The van der Waals surface area contributed by atoms with Gasteiger partial charge >= 0.3 is 0 Å². The van der Waals surface area contributed by atoms with Gasteiger partial charge in [0.15, 0.2) is 11.8 Å². The Balaban J connectivity index is 1.71. The molecule has 0 aliphatic carbocycles. The standard InChI is InChI=1S/C15H12N4O2S2/c1-16-13(20)11-6-17-12(19-14(11)21)3-2-10-8-23-15(18-10)9-4-5-22-7-9/h2-8,11H,1H3,(H,16,20)/b3-2+. The Labute approximate surface area is 140 Å². The fourth-order valence-corrected chi connectivity index (χ4v) is 3.38. The Kier molecular flexibility index (Phi) is 4.54. The van der Waals surface area contributed by atoms with Gasteiger partial charge in [0.05, 0.1) is 5.69 Å². The first-order valence-electron chi connectivity index (χ1n) is 6.72. The van der Waals surface area contributed by atoms with Crippen LogP contribution in [0.3, 0.4) is 0 Å². The van der Waals surface area contributed by atoms with Crippen LogP contribution < -0.4 is 5.32 Å². The van der Waals surface area contributed by atoms with Crippen LogP contribution in [0.5, 0.6) is 0 Å². The molecule has 1 N–H and O–H groups in total. The zero-order valence-electron chi connectivity index (χ0n) is 12.1. The lowest BCUT2D eigenvalue weighted by atomic mass is 10.1. The predicted octanol–water partition coefficient (Wildman–Crippen LogP) is 2.26. The quantitative estimate of drug-likeness (QED) is 0.864. The summed E-state index contributed by atoms with van der Waals surface area (Å²) in [7, 11) is 1.47. The van der Waals surface area contributed by atoms with Crippen molar-refractivity contribution in [1.82, 2.24) is 10.3 Å². The minimum Gasteiger partial charge on any atom is -0.358 e. The van der Waals surface area contributed by atoms with Gasteiger partial charge in [0, 0.05) is 29.6 Å². The second-order valence-electron chi connectivity index (χ2n) is 4.60. The highest BCUT2D eigenvalue weighted by molar-refractivity contribution is 7.14. The minimum absolute atomic E-state index is 0.264. The highest BCUT2D eigenvalue weighted by atomic mass is 32.1. The Morgan fingerprint density at radius 1 is 1.35 bits per heavy atom. The zero-order chi connectivity index (χ0) is 16.2. The molecular weight excluding hydrogens is 332 g/mol. The van der Waals surface area contributed by atoms with Gasteiger partial charge in [-0.15, -0.1) is 11.3 Å². The summed E-state index contributed by atoms with van der Waals surface area (Å²) in [6.07, 6.45) is 4.67. The van der Waals surface area contributed by atoms with Crippen molar-refractivity contribution in [3.8, 4) is 10.6 Å². The van der Waals surface area contributed by atoms with Crippen LogP contribution in [0.4, 0.5) is 0 Å². The molecule has 116 valence electrons. The number of hydrogen-bond acceptors (Lipinski definition) is 6. The van der Waals surface area contributed by atoms with Gasteiger partial charge in [-0.3, -0.25) is 9.59 Å². The van der Waals surface area contributed by atoms with E-state index in [0.717, 1.165) is 16.3 Å². The third-order valence-corrected chi connectivity index (χ3v) is 4.66. The molecule has 3 heterocycles. The number of rotatable bonds is 4. The molecule has 1 atom stereocenters. The van der Waals surface area contributed by atoms with E-state index in [-0.39, 0.29) is 5.84 Å². The fraction of sp³-hybridized carbons (Fsp3) is 0.133. The van der Waals surface area contributed by atoms with E-state index in [0.29, 0.717) is 0 Å². The van der Waals surface area contributed by atoms with Gasteiger partial charge in [0.1, 0.15) is 5.01 Å². The lowest BCUT2D eigenvalue weighted by Crippen LogP contribution is -2.35. The molecule has 23 heavy (non-hydrogen) atoms. The lowest BCUT2D eigenvalue weighted by molar-refractivity contribution is -0.130. The van der Waals surface area contributed by atoms with Crippen molar-refractivity contribution in [2.75, 3.05) is 7.05 Å². The lowest BCUT2D eigenvalue weighted by Gasteiger charge is -2.09. The number of thiazole rings is 1. The molecular formula is C15H12N4O2S2. The van der Waals surface area contributed by atoms with Crippen LogP contribution in [0, 0.1) is 5.92 Å². The Hall–Kier alpha value is -2.45. The number of nitrogens with one attached hydrogen (secondary N) is 1. The Bertz CT molecular complexity index is 818. The molecule has 0 bridgehead atoms. The SMILES string of the molecule is CNC(=O)C1C=NC(/C=C/c2csc(-c3ccsc3)n2)=NC1=O. The molecule has 2 aromatic rings. The average molecular weight is 344 g/mol. The van der Waals surface area contributed by atoms with Gasteiger partial charge in [-0.2, -0.15) is 16.3 Å². The van der Waals surface area contributed by atoms with E-state index < -0.39 is 17.7 Å². The number of hydrogen-bond donors (Lipinski definition) is 1. The monoisotopic (exact) mass is 344 g/mol. The van der Waals surface area contributed by atoms with Crippen molar-refractivity contribution in [3.05, 3.63) is 34.0 Å². The molecule has 8 heteroatoms. The summed E-state index contributed by atoms with van der Waals surface area (Å²) < 4.78 is 0. The van der Waals surface area contributed by atoms with E-state index in [1.807, 2.05) is 22.2 Å². The summed E-state index contributed by atoms with van der Waals surface area (Å²) in [5.74, 6) is -1.61. The molecule has 0 aromatic carbocycles. The van der Waals surface area contributed by atoms with Crippen molar-refractivity contribution < 1.29 is 9.59 Å². The van der Waals surface area contributed by atoms with Crippen LogP contribution >= 0.6 is 22.7 Å². The number of amides is 2. The largest absolute Gasteiger partial charge is 0.358 e. The van der Waals surface area contributed by atoms with E-state index in [1.54, 1.807) is 34.8 Å². The maximum atomic E-state index is 11.8. The van der Waals surface area contributed by atoms with Crippen LogP contribution in [-0.4, -0.2) is 35.9 Å². The molecule has 0 saturated carbocycles. The molecule has 1 aliphatic rings. The summed E-state index contributed by atoms with van der Waals surface area (Å²) in [6.45, 7) is 0. The first-order chi connectivity index (χ1) is 11.2. The van der Waals surface area contributed by atoms with Crippen LogP contribution in [0.2, 0.25) is 0 Å². The molecule has 2 aromatic heterocycles. The van der Waals surface area contributed by atoms with E-state index in [1.165, 1.54) is 13.3 Å². The third kappa shape index (κ3) is 3.49. The van der Waals surface area contributed by atoms with Crippen molar-refractivity contribution in [1.29, 1.82) is 0 Å². The molecule has 6 nitrogen and oxygen atoms in total. The number of aliphatic imine (C=N–C) groups is 2. The second-order valence-corrected chi connectivity index (χ2v) is 6.24. The maximum Gasteiger partial charge on any atom is 0.265 e. The summed E-state index contributed by atoms with van der Waals surface area (Å²) in [6, 6.07) is 2.02. The number of nitrogens with zero attached hydrogens (tertiary/aromatic N) is 3. The van der Waals surface area contributed by atoms with Gasteiger partial charge in [0.2, 0.25) is 5.91 Å². The molecule has 1 unspecified atom stereocenters. The fourth-order valence-electron chi connectivity index (χ4n) is 1.88. The van der Waals surface area contributed by atoms with Gasteiger partial charge in [0.25, 0.3) is 5.91 Å². The number of amidine groups is 1. The number of thiophene rings is 1. The number of aromatic nitrogens is 1. The summed E-state index contributed by atoms with van der Waals surface area (Å²) >= 11 is 3.17. The van der Waals surface area contributed by atoms with E-state index >= 15 is 0 Å². The highest BCUT2D eigenvalue weighted by Crippen LogP contribution is 2.26. The van der Waals surface area contributed by atoms with Crippen LogP contribution in [0.1, 0.15) is 5.69 Å². The van der Waals surface area contributed by atoms with Crippen molar-refractivity contribution in [2.24, 2.45) is 15.9 Å². The molecule has 2 amide bonds. The Morgan fingerprint density at radius 2 is 2.22 bits per heavy atom.